The van der Waals surface area contributed by atoms with E-state index in [1.165, 1.54) is 12.1 Å². The third kappa shape index (κ3) is 3.77. The number of amides is 1. The molecule has 3 aromatic carbocycles. The number of benzene rings is 3. The lowest BCUT2D eigenvalue weighted by molar-refractivity contribution is -0.118. The van der Waals surface area contributed by atoms with Gasteiger partial charge < -0.3 is 10.2 Å². The number of nitrogens with zero attached hydrogens (tertiary/aromatic N) is 1. The normalized spacial score (nSPS) is 18.4. The fourth-order valence-electron chi connectivity index (χ4n) is 3.93. The number of halogens is 1. The van der Waals surface area contributed by atoms with Gasteiger partial charge in [-0.3, -0.25) is 4.79 Å². The Morgan fingerprint density at radius 2 is 1.68 bits per heavy atom. The number of fused-ring (bicyclic) bond motifs is 1. The van der Waals surface area contributed by atoms with Crippen LogP contribution in [0.4, 0.5) is 15.8 Å². The van der Waals surface area contributed by atoms with Crippen LogP contribution in [0.3, 0.4) is 0 Å². The summed E-state index contributed by atoms with van der Waals surface area (Å²) in [7, 11) is 0. The Balaban J connectivity index is 1.60. The molecule has 1 amide bonds. The van der Waals surface area contributed by atoms with Gasteiger partial charge in [0, 0.05) is 17.4 Å². The molecule has 0 spiro atoms. The van der Waals surface area contributed by atoms with Crippen molar-refractivity contribution in [3.05, 3.63) is 95.8 Å². The topological polar surface area (TPSA) is 32.3 Å². The van der Waals surface area contributed by atoms with Crippen LogP contribution in [0, 0.1) is 5.82 Å². The van der Waals surface area contributed by atoms with Crippen molar-refractivity contribution in [1.82, 2.24) is 0 Å². The molecule has 1 N–H and O–H groups in total. The van der Waals surface area contributed by atoms with Gasteiger partial charge in [-0.2, -0.15) is 0 Å². The smallest absolute Gasteiger partial charge is 0.231 e. The second-order valence-electron chi connectivity index (χ2n) is 7.27. The van der Waals surface area contributed by atoms with Crippen molar-refractivity contribution in [3.8, 4) is 0 Å². The van der Waals surface area contributed by atoms with Crippen LogP contribution in [0.2, 0.25) is 0 Å². The van der Waals surface area contributed by atoms with Crippen LogP contribution >= 0.6 is 0 Å². The van der Waals surface area contributed by atoms with Crippen molar-refractivity contribution in [3.63, 3.8) is 0 Å². The van der Waals surface area contributed by atoms with Gasteiger partial charge in [-0.15, -0.1) is 0 Å². The van der Waals surface area contributed by atoms with E-state index in [2.05, 4.69) is 18.3 Å². The van der Waals surface area contributed by atoms with Gasteiger partial charge in [-0.25, -0.2) is 4.39 Å². The van der Waals surface area contributed by atoms with E-state index in [0.29, 0.717) is 6.42 Å². The highest BCUT2D eigenvalue weighted by Gasteiger charge is 2.33. The summed E-state index contributed by atoms with van der Waals surface area (Å²) in [6, 6.07) is 24.4. The first-order valence-corrected chi connectivity index (χ1v) is 9.59. The Kier molecular flexibility index (Phi) is 5.11. The average molecular weight is 374 g/mol. The molecule has 0 aromatic heterocycles. The molecule has 4 heteroatoms. The van der Waals surface area contributed by atoms with Gasteiger partial charge in [0.15, 0.2) is 0 Å². The first-order chi connectivity index (χ1) is 13.6. The first-order valence-electron chi connectivity index (χ1n) is 9.59. The number of nitrogens with one attached hydrogen (secondary N) is 1. The number of hydrogen-bond acceptors (Lipinski definition) is 2. The van der Waals surface area contributed by atoms with Crippen molar-refractivity contribution < 1.29 is 9.18 Å². The zero-order chi connectivity index (χ0) is 19.5. The Bertz CT molecular complexity index is 956. The molecule has 0 saturated heterocycles. The summed E-state index contributed by atoms with van der Waals surface area (Å²) in [5, 5.41) is 3.50. The molecule has 3 aromatic rings. The first kappa shape index (κ1) is 18.2. The fourth-order valence-corrected chi connectivity index (χ4v) is 3.93. The molecule has 0 fully saturated rings. The van der Waals surface area contributed by atoms with E-state index in [-0.39, 0.29) is 23.8 Å². The summed E-state index contributed by atoms with van der Waals surface area (Å²) in [5.41, 5.74) is 3.93. The molecule has 1 aliphatic heterocycles. The Hall–Kier alpha value is -3.14. The van der Waals surface area contributed by atoms with Crippen LogP contribution in [0.15, 0.2) is 78.9 Å². The monoisotopic (exact) mass is 374 g/mol. The molecule has 0 bridgehead atoms. The molecule has 4 rings (SSSR count). The molecule has 28 heavy (non-hydrogen) atoms. The number of carbonyl (C=O) groups excluding carboxylic acids is 1. The number of rotatable bonds is 4. The van der Waals surface area contributed by atoms with Gasteiger partial charge in [-0.1, -0.05) is 48.5 Å². The number of para-hydroxylation sites is 1. The molecule has 142 valence electrons. The van der Waals surface area contributed by atoms with E-state index < -0.39 is 0 Å². The van der Waals surface area contributed by atoms with Gasteiger partial charge in [0.05, 0.1) is 12.5 Å². The quantitative estimate of drug-likeness (QED) is 0.668. The molecule has 0 aliphatic carbocycles. The minimum Gasteiger partial charge on any atom is -0.378 e. The molecular formula is C24H23FN2O. The molecular weight excluding hydrogens is 351 g/mol. The van der Waals surface area contributed by atoms with E-state index in [9.17, 15) is 9.18 Å². The largest absolute Gasteiger partial charge is 0.378 e. The van der Waals surface area contributed by atoms with Gasteiger partial charge in [0.2, 0.25) is 5.91 Å². The van der Waals surface area contributed by atoms with E-state index in [0.717, 1.165) is 28.9 Å². The summed E-state index contributed by atoms with van der Waals surface area (Å²) in [5.74, 6) is -0.146. The van der Waals surface area contributed by atoms with Crippen molar-refractivity contribution in [2.24, 2.45) is 0 Å². The number of anilines is 2. The van der Waals surface area contributed by atoms with Crippen LogP contribution in [-0.2, 0) is 11.2 Å². The summed E-state index contributed by atoms with van der Waals surface area (Å²) >= 11 is 0. The van der Waals surface area contributed by atoms with E-state index in [1.807, 2.05) is 53.4 Å². The van der Waals surface area contributed by atoms with Crippen LogP contribution in [-0.4, -0.2) is 11.9 Å². The van der Waals surface area contributed by atoms with Crippen molar-refractivity contribution in [2.75, 3.05) is 10.2 Å². The lowest BCUT2D eigenvalue weighted by Gasteiger charge is -2.40. The van der Waals surface area contributed by atoms with Gasteiger partial charge in [-0.05, 0) is 54.8 Å². The van der Waals surface area contributed by atoms with E-state index in [1.54, 1.807) is 12.1 Å². The van der Waals surface area contributed by atoms with Crippen LogP contribution in [0.1, 0.15) is 30.5 Å². The maximum atomic E-state index is 13.2. The lowest BCUT2D eigenvalue weighted by atomic mass is 9.91. The second kappa shape index (κ2) is 7.85. The summed E-state index contributed by atoms with van der Waals surface area (Å²) in [6.07, 6.45) is 1.17. The lowest BCUT2D eigenvalue weighted by Crippen LogP contribution is -2.45. The van der Waals surface area contributed by atoms with Crippen molar-refractivity contribution in [2.45, 2.75) is 31.8 Å². The highest BCUT2D eigenvalue weighted by Crippen LogP contribution is 2.39. The predicted molar refractivity (Wildman–Crippen MR) is 111 cm³/mol. The van der Waals surface area contributed by atoms with E-state index >= 15 is 0 Å². The van der Waals surface area contributed by atoms with Gasteiger partial charge in [0.1, 0.15) is 5.82 Å². The predicted octanol–water partition coefficient (Wildman–Crippen LogP) is 5.35. The second-order valence-corrected chi connectivity index (χ2v) is 7.27. The minimum atomic E-state index is -0.249. The molecule has 0 radical (unpaired) electrons. The highest BCUT2D eigenvalue weighted by atomic mass is 19.1. The molecule has 2 atom stereocenters. The molecule has 3 nitrogen and oxygen atoms in total. The van der Waals surface area contributed by atoms with E-state index in [4.69, 9.17) is 0 Å². The van der Waals surface area contributed by atoms with Gasteiger partial charge >= 0.3 is 0 Å². The average Bonchev–Trinajstić information content (AvgIpc) is 2.70. The minimum absolute atomic E-state index is 0.0593. The summed E-state index contributed by atoms with van der Waals surface area (Å²) < 4.78 is 13.2. The van der Waals surface area contributed by atoms with Crippen molar-refractivity contribution in [1.29, 1.82) is 0 Å². The van der Waals surface area contributed by atoms with Crippen LogP contribution in [0.5, 0.6) is 0 Å². The Morgan fingerprint density at radius 3 is 2.43 bits per heavy atom. The summed E-state index contributed by atoms with van der Waals surface area (Å²) in [6.45, 7) is 2.08. The third-order valence-corrected chi connectivity index (χ3v) is 5.24. The molecule has 0 saturated carbocycles. The highest BCUT2D eigenvalue weighted by molar-refractivity contribution is 5.96. The Labute approximate surface area is 164 Å². The SMILES string of the molecule is CC1CC(Nc2ccc(F)cc2)c2ccccc2N1C(=O)Cc1ccccc1. The molecule has 2 unspecified atom stereocenters. The zero-order valence-electron chi connectivity index (χ0n) is 15.8. The molecule has 1 aliphatic rings. The molecule has 1 heterocycles. The van der Waals surface area contributed by atoms with Crippen LogP contribution < -0.4 is 10.2 Å². The van der Waals surface area contributed by atoms with Gasteiger partial charge in [0.25, 0.3) is 0 Å². The maximum absolute atomic E-state index is 13.2. The number of carbonyl (C=O) groups is 1. The third-order valence-electron chi connectivity index (χ3n) is 5.24. The standard InChI is InChI=1S/C24H23FN2O/c1-17-15-22(26-20-13-11-19(25)12-14-20)21-9-5-6-10-23(21)27(17)24(28)16-18-7-3-2-4-8-18/h2-14,17,22,26H,15-16H2,1H3. The zero-order valence-corrected chi connectivity index (χ0v) is 15.8. The number of hydrogen-bond donors (Lipinski definition) is 1. The summed E-state index contributed by atoms with van der Waals surface area (Å²) in [4.78, 5) is 15.0. The maximum Gasteiger partial charge on any atom is 0.231 e. The van der Waals surface area contributed by atoms with Crippen molar-refractivity contribution >= 4 is 17.3 Å². The van der Waals surface area contributed by atoms with Crippen LogP contribution in [0.25, 0.3) is 0 Å². The fraction of sp³-hybridized carbons (Fsp3) is 0.208. The Morgan fingerprint density at radius 1 is 1.00 bits per heavy atom.